The standard InChI is InChI=1S/C20H17ClF3N5OS/c21-14-3-5-15(6-4-14)28(12-20(22,23)24)17(30)11-31-19-27-26-18(29(19)16-7-8-16)13-2-1-9-25-10-13/h1-6,9-10,16H,7-8,11-12H2. The Morgan fingerprint density at radius 3 is 2.55 bits per heavy atom. The molecule has 2 aromatic heterocycles. The molecule has 1 aromatic carbocycles. The van der Waals surface area contributed by atoms with Crippen molar-refractivity contribution < 1.29 is 18.0 Å². The summed E-state index contributed by atoms with van der Waals surface area (Å²) in [6.45, 7) is -1.38. The number of thioether (sulfide) groups is 1. The molecule has 0 unspecified atom stereocenters. The normalized spacial score (nSPS) is 13.9. The Balaban J connectivity index is 1.54. The summed E-state index contributed by atoms with van der Waals surface area (Å²) in [4.78, 5) is 17.6. The maximum absolute atomic E-state index is 13.1. The molecule has 1 amide bonds. The molecule has 0 aliphatic heterocycles. The second-order valence-electron chi connectivity index (χ2n) is 7.01. The molecule has 6 nitrogen and oxygen atoms in total. The number of benzene rings is 1. The zero-order valence-electron chi connectivity index (χ0n) is 16.1. The number of hydrogen-bond donors (Lipinski definition) is 0. The minimum absolute atomic E-state index is 0.132. The topological polar surface area (TPSA) is 63.9 Å². The molecule has 0 spiro atoms. The van der Waals surface area contributed by atoms with Gasteiger partial charge < -0.3 is 4.90 Å². The summed E-state index contributed by atoms with van der Waals surface area (Å²) >= 11 is 6.90. The fourth-order valence-corrected chi connectivity index (χ4v) is 4.06. The van der Waals surface area contributed by atoms with Crippen molar-refractivity contribution in [1.29, 1.82) is 0 Å². The third-order valence-corrected chi connectivity index (χ3v) is 5.78. The van der Waals surface area contributed by atoms with Gasteiger partial charge in [0.1, 0.15) is 6.54 Å². The minimum Gasteiger partial charge on any atom is -0.303 e. The maximum atomic E-state index is 13.1. The molecule has 0 N–H and O–H groups in total. The molecule has 1 saturated carbocycles. The highest BCUT2D eigenvalue weighted by Gasteiger charge is 2.35. The van der Waals surface area contributed by atoms with Gasteiger partial charge in [-0.3, -0.25) is 14.3 Å². The van der Waals surface area contributed by atoms with Crippen molar-refractivity contribution in [2.75, 3.05) is 17.2 Å². The number of aromatic nitrogens is 4. The second-order valence-corrected chi connectivity index (χ2v) is 8.39. The van der Waals surface area contributed by atoms with E-state index < -0.39 is 18.6 Å². The molecule has 0 saturated heterocycles. The van der Waals surface area contributed by atoms with Crippen LogP contribution in [0.25, 0.3) is 11.4 Å². The fraction of sp³-hybridized carbons (Fsp3) is 0.300. The number of halogens is 4. The van der Waals surface area contributed by atoms with E-state index in [-0.39, 0.29) is 17.5 Å². The zero-order valence-corrected chi connectivity index (χ0v) is 17.7. The van der Waals surface area contributed by atoms with E-state index >= 15 is 0 Å². The average Bonchev–Trinajstić information content (AvgIpc) is 3.50. The predicted molar refractivity (Wildman–Crippen MR) is 112 cm³/mol. The van der Waals surface area contributed by atoms with Crippen LogP contribution in [0.4, 0.5) is 18.9 Å². The molecule has 31 heavy (non-hydrogen) atoms. The van der Waals surface area contributed by atoms with Crippen LogP contribution in [0.2, 0.25) is 5.02 Å². The van der Waals surface area contributed by atoms with Gasteiger partial charge in [-0.1, -0.05) is 23.4 Å². The molecule has 162 valence electrons. The number of carbonyl (C=O) groups is 1. The Kier molecular flexibility index (Phi) is 6.19. The molecular formula is C20H17ClF3N5OS. The summed E-state index contributed by atoms with van der Waals surface area (Å²) in [5, 5.41) is 9.28. The van der Waals surface area contributed by atoms with E-state index in [1.807, 2.05) is 10.6 Å². The minimum atomic E-state index is -4.54. The first kappa shape index (κ1) is 21.6. The van der Waals surface area contributed by atoms with Gasteiger partial charge >= 0.3 is 6.18 Å². The van der Waals surface area contributed by atoms with Crippen LogP contribution < -0.4 is 4.90 Å². The number of nitrogens with zero attached hydrogens (tertiary/aromatic N) is 5. The first-order chi connectivity index (χ1) is 14.8. The van der Waals surface area contributed by atoms with Gasteiger partial charge in [0.25, 0.3) is 0 Å². The molecule has 11 heteroatoms. The van der Waals surface area contributed by atoms with Crippen molar-refractivity contribution in [1.82, 2.24) is 19.7 Å². The van der Waals surface area contributed by atoms with Crippen LogP contribution in [0.1, 0.15) is 18.9 Å². The van der Waals surface area contributed by atoms with Crippen LogP contribution in [0.15, 0.2) is 53.9 Å². The van der Waals surface area contributed by atoms with Crippen LogP contribution in [0.5, 0.6) is 0 Å². The van der Waals surface area contributed by atoms with Crippen molar-refractivity contribution in [3.05, 3.63) is 53.8 Å². The molecule has 1 aliphatic rings. The van der Waals surface area contributed by atoms with Gasteiger partial charge in [-0.15, -0.1) is 10.2 Å². The lowest BCUT2D eigenvalue weighted by molar-refractivity contribution is -0.131. The summed E-state index contributed by atoms with van der Waals surface area (Å²) in [5.41, 5.74) is 0.923. The molecular weight excluding hydrogens is 451 g/mol. The lowest BCUT2D eigenvalue weighted by Crippen LogP contribution is -2.40. The highest BCUT2D eigenvalue weighted by molar-refractivity contribution is 7.99. The van der Waals surface area contributed by atoms with Gasteiger partial charge in [-0.05, 0) is 49.2 Å². The number of anilines is 1. The van der Waals surface area contributed by atoms with Crippen molar-refractivity contribution in [3.63, 3.8) is 0 Å². The van der Waals surface area contributed by atoms with Crippen LogP contribution in [-0.4, -0.2) is 44.1 Å². The molecule has 4 rings (SSSR count). The van der Waals surface area contributed by atoms with Gasteiger partial charge in [0.2, 0.25) is 5.91 Å². The predicted octanol–water partition coefficient (Wildman–Crippen LogP) is 5.02. The average molecular weight is 468 g/mol. The Morgan fingerprint density at radius 2 is 1.94 bits per heavy atom. The van der Waals surface area contributed by atoms with Crippen molar-refractivity contribution in [3.8, 4) is 11.4 Å². The molecule has 0 atom stereocenters. The summed E-state index contributed by atoms with van der Waals surface area (Å²) in [5.74, 6) is -0.260. The van der Waals surface area contributed by atoms with Gasteiger partial charge in [0, 0.05) is 34.7 Å². The van der Waals surface area contributed by atoms with Gasteiger partial charge in [-0.2, -0.15) is 13.2 Å². The first-order valence-corrected chi connectivity index (χ1v) is 10.8. The van der Waals surface area contributed by atoms with E-state index in [1.165, 1.54) is 24.3 Å². The Morgan fingerprint density at radius 1 is 1.19 bits per heavy atom. The van der Waals surface area contributed by atoms with Crippen molar-refractivity contribution in [2.45, 2.75) is 30.2 Å². The van der Waals surface area contributed by atoms with Crippen LogP contribution in [0.3, 0.4) is 0 Å². The first-order valence-electron chi connectivity index (χ1n) is 9.42. The lowest BCUT2D eigenvalue weighted by Gasteiger charge is -2.24. The smallest absolute Gasteiger partial charge is 0.303 e. The largest absolute Gasteiger partial charge is 0.406 e. The highest BCUT2D eigenvalue weighted by atomic mass is 35.5. The molecule has 0 radical (unpaired) electrons. The summed E-state index contributed by atoms with van der Waals surface area (Å²) in [7, 11) is 0. The number of alkyl halides is 3. The van der Waals surface area contributed by atoms with Crippen LogP contribution in [-0.2, 0) is 4.79 Å². The van der Waals surface area contributed by atoms with E-state index in [0.29, 0.717) is 20.9 Å². The zero-order chi connectivity index (χ0) is 22.0. The van der Waals surface area contributed by atoms with E-state index in [1.54, 1.807) is 18.5 Å². The molecule has 3 aromatic rings. The van der Waals surface area contributed by atoms with Crippen LogP contribution in [0, 0.1) is 0 Å². The third kappa shape index (κ3) is 5.37. The van der Waals surface area contributed by atoms with Crippen molar-refractivity contribution >= 4 is 35.0 Å². The van der Waals surface area contributed by atoms with Gasteiger partial charge in [-0.25, -0.2) is 0 Å². The molecule has 2 heterocycles. The Labute approximate surface area is 185 Å². The molecule has 1 fully saturated rings. The SMILES string of the molecule is O=C(CSc1nnc(-c2cccnc2)n1C1CC1)N(CC(F)(F)F)c1ccc(Cl)cc1. The fourth-order valence-electron chi connectivity index (χ4n) is 3.06. The summed E-state index contributed by atoms with van der Waals surface area (Å²) < 4.78 is 41.2. The highest BCUT2D eigenvalue weighted by Crippen LogP contribution is 2.41. The number of rotatable bonds is 7. The second kappa shape index (κ2) is 8.88. The lowest BCUT2D eigenvalue weighted by atomic mass is 10.3. The van der Waals surface area contributed by atoms with Gasteiger partial charge in [0.05, 0.1) is 5.75 Å². The number of amides is 1. The number of pyridine rings is 1. The van der Waals surface area contributed by atoms with Crippen LogP contribution >= 0.6 is 23.4 Å². The number of carbonyl (C=O) groups excluding carboxylic acids is 1. The van der Waals surface area contributed by atoms with Gasteiger partial charge in [0.15, 0.2) is 11.0 Å². The third-order valence-electron chi connectivity index (χ3n) is 4.60. The van der Waals surface area contributed by atoms with E-state index in [9.17, 15) is 18.0 Å². The quantitative estimate of drug-likeness (QED) is 0.457. The monoisotopic (exact) mass is 467 g/mol. The van der Waals surface area contributed by atoms with E-state index in [4.69, 9.17) is 11.6 Å². The molecule has 0 bridgehead atoms. The Bertz CT molecular complexity index is 1050. The summed E-state index contributed by atoms with van der Waals surface area (Å²) in [6.07, 6.45) is 0.701. The van der Waals surface area contributed by atoms with E-state index in [2.05, 4.69) is 15.2 Å². The Hall–Kier alpha value is -2.59. The molecule has 1 aliphatic carbocycles. The number of hydrogen-bond acceptors (Lipinski definition) is 5. The maximum Gasteiger partial charge on any atom is 0.406 e. The summed E-state index contributed by atoms with van der Waals surface area (Å²) in [6, 6.07) is 9.55. The van der Waals surface area contributed by atoms with E-state index in [0.717, 1.165) is 30.2 Å². The van der Waals surface area contributed by atoms with Crippen molar-refractivity contribution in [2.24, 2.45) is 0 Å².